The molecule has 5 nitrogen and oxygen atoms in total. The van der Waals surface area contributed by atoms with Crippen LogP contribution in [-0.2, 0) is 6.54 Å². The Morgan fingerprint density at radius 1 is 0.848 bits per heavy atom. The van der Waals surface area contributed by atoms with Gasteiger partial charge in [0.2, 0.25) is 5.43 Å². The van der Waals surface area contributed by atoms with Crippen LogP contribution in [0.3, 0.4) is 0 Å². The van der Waals surface area contributed by atoms with Gasteiger partial charge in [0.15, 0.2) is 0 Å². The molecule has 1 heterocycles. The van der Waals surface area contributed by atoms with E-state index in [1.54, 1.807) is 18.2 Å². The van der Waals surface area contributed by atoms with Crippen molar-refractivity contribution in [3.05, 3.63) is 82.5 Å². The number of para-hydroxylation sites is 1. The molecule has 0 spiro atoms. The van der Waals surface area contributed by atoms with Crippen LogP contribution < -0.4 is 10.2 Å². The predicted octanol–water partition coefficient (Wildman–Crippen LogP) is 6.11. The minimum absolute atomic E-state index is 0.00837. The largest absolute Gasteiger partial charge is 0.508 e. The quantitative estimate of drug-likeness (QED) is 0.223. The van der Waals surface area contributed by atoms with Crippen LogP contribution in [0.1, 0.15) is 37.7 Å². The highest BCUT2D eigenvalue weighted by atomic mass is 16.5. The van der Waals surface area contributed by atoms with Crippen LogP contribution in [0.15, 0.2) is 75.9 Å². The third-order valence-electron chi connectivity index (χ3n) is 5.87. The lowest BCUT2D eigenvalue weighted by molar-refractivity contribution is 0.298. The lowest BCUT2D eigenvalue weighted by atomic mass is 10.1. The fourth-order valence-corrected chi connectivity index (χ4v) is 4.12. The molecule has 0 saturated carbocycles. The van der Waals surface area contributed by atoms with Crippen LogP contribution >= 0.6 is 0 Å². The molecule has 0 aliphatic rings. The minimum atomic E-state index is -0.00837. The topological polar surface area (TPSA) is 62.9 Å². The van der Waals surface area contributed by atoms with Gasteiger partial charge in [0.05, 0.1) is 17.4 Å². The monoisotopic (exact) mass is 445 g/mol. The number of phenols is 1. The van der Waals surface area contributed by atoms with Gasteiger partial charge in [-0.15, -0.1) is 0 Å². The molecule has 1 aromatic heterocycles. The van der Waals surface area contributed by atoms with E-state index in [4.69, 9.17) is 9.15 Å². The summed E-state index contributed by atoms with van der Waals surface area (Å²) in [5.41, 5.74) is 2.28. The summed E-state index contributed by atoms with van der Waals surface area (Å²) in [6.07, 6.45) is 5.66. The first-order valence-corrected chi connectivity index (χ1v) is 11.6. The Morgan fingerprint density at radius 2 is 1.64 bits per heavy atom. The molecule has 172 valence electrons. The van der Waals surface area contributed by atoms with Gasteiger partial charge in [-0.2, -0.15) is 0 Å². The molecule has 0 fully saturated rings. The van der Waals surface area contributed by atoms with Gasteiger partial charge in [-0.25, -0.2) is 0 Å². The molecule has 0 aliphatic carbocycles. The first-order chi connectivity index (χ1) is 16.1. The number of hydrogen-bond donors (Lipinski definition) is 1. The number of hydrogen-bond acceptors (Lipinski definition) is 5. The maximum atomic E-state index is 12.6. The summed E-state index contributed by atoms with van der Waals surface area (Å²) >= 11 is 0. The normalized spacial score (nSPS) is 11.5. The van der Waals surface area contributed by atoms with Crippen molar-refractivity contribution in [1.82, 2.24) is 4.90 Å². The number of phenolic OH excluding ortho intramolecular Hbond substituents is 1. The van der Waals surface area contributed by atoms with Crippen molar-refractivity contribution in [2.75, 3.05) is 20.2 Å². The Balaban J connectivity index is 1.15. The van der Waals surface area contributed by atoms with Gasteiger partial charge >= 0.3 is 0 Å². The summed E-state index contributed by atoms with van der Waals surface area (Å²) in [4.78, 5) is 14.9. The Hall–Kier alpha value is -3.31. The van der Waals surface area contributed by atoms with Crippen LogP contribution in [-0.4, -0.2) is 30.2 Å². The lowest BCUT2D eigenvalue weighted by Crippen LogP contribution is -2.18. The minimum Gasteiger partial charge on any atom is -0.508 e. The molecule has 0 aliphatic heterocycles. The van der Waals surface area contributed by atoms with E-state index in [9.17, 15) is 9.90 Å². The number of benzene rings is 3. The molecule has 5 heteroatoms. The third kappa shape index (κ3) is 6.14. The first-order valence-electron chi connectivity index (χ1n) is 11.6. The summed E-state index contributed by atoms with van der Waals surface area (Å²) < 4.78 is 11.8. The number of rotatable bonds is 11. The smallest absolute Gasteiger partial charge is 0.200 e. The van der Waals surface area contributed by atoms with Gasteiger partial charge in [-0.05, 0) is 68.4 Å². The lowest BCUT2D eigenvalue weighted by Gasteiger charge is -2.16. The van der Waals surface area contributed by atoms with Crippen LogP contribution in [0, 0.1) is 0 Å². The summed E-state index contributed by atoms with van der Waals surface area (Å²) in [6.45, 7) is 2.55. The Bertz CT molecular complexity index is 1260. The third-order valence-corrected chi connectivity index (χ3v) is 5.87. The first kappa shape index (κ1) is 22.9. The second-order valence-electron chi connectivity index (χ2n) is 8.61. The molecule has 0 bridgehead atoms. The van der Waals surface area contributed by atoms with Crippen LogP contribution in [0.5, 0.6) is 11.5 Å². The summed E-state index contributed by atoms with van der Waals surface area (Å²) in [5, 5.41) is 10.7. The van der Waals surface area contributed by atoms with Crippen molar-refractivity contribution in [3.63, 3.8) is 0 Å². The zero-order chi connectivity index (χ0) is 23.0. The van der Waals surface area contributed by atoms with Crippen molar-refractivity contribution in [3.8, 4) is 11.5 Å². The standard InChI is InChI=1S/C28H31NO4/c1-29(20-21-10-9-11-22(30)18-21)16-7-3-2-4-8-17-32-23-14-15-25-27(19-23)33-26-13-6-5-12-24(26)28(25)31/h5-6,9-15,18-19,30H,2-4,7-8,16-17,20H2,1H3. The highest BCUT2D eigenvalue weighted by molar-refractivity contribution is 5.90. The Morgan fingerprint density at radius 3 is 2.52 bits per heavy atom. The highest BCUT2D eigenvalue weighted by Gasteiger charge is 2.08. The fraction of sp³-hybridized carbons (Fsp3) is 0.321. The molecule has 33 heavy (non-hydrogen) atoms. The summed E-state index contributed by atoms with van der Waals surface area (Å²) in [6, 6.07) is 20.2. The van der Waals surface area contributed by atoms with E-state index in [0.717, 1.165) is 43.7 Å². The molecule has 0 saturated heterocycles. The van der Waals surface area contributed by atoms with E-state index in [1.165, 1.54) is 12.8 Å². The maximum Gasteiger partial charge on any atom is 0.200 e. The molecule has 1 N–H and O–H groups in total. The molecule has 0 radical (unpaired) electrons. The van der Waals surface area contributed by atoms with E-state index in [2.05, 4.69) is 11.9 Å². The summed E-state index contributed by atoms with van der Waals surface area (Å²) in [5.74, 6) is 1.05. The van der Waals surface area contributed by atoms with Crippen LogP contribution in [0.4, 0.5) is 0 Å². The van der Waals surface area contributed by atoms with Gasteiger partial charge < -0.3 is 19.2 Å². The molecule has 3 aromatic carbocycles. The second kappa shape index (κ2) is 11.0. The molecule has 0 amide bonds. The number of ether oxygens (including phenoxy) is 1. The maximum absolute atomic E-state index is 12.6. The SMILES string of the molecule is CN(CCCCCCCOc1ccc2c(=O)c3ccccc3oc2c1)Cc1cccc(O)c1. The predicted molar refractivity (Wildman–Crippen MR) is 133 cm³/mol. The number of nitrogens with zero attached hydrogens (tertiary/aromatic N) is 1. The molecule has 0 unspecified atom stereocenters. The van der Waals surface area contributed by atoms with E-state index in [1.807, 2.05) is 48.5 Å². The van der Waals surface area contributed by atoms with Gasteiger partial charge in [0.1, 0.15) is 22.7 Å². The van der Waals surface area contributed by atoms with Crippen molar-refractivity contribution < 1.29 is 14.3 Å². The van der Waals surface area contributed by atoms with Crippen molar-refractivity contribution in [1.29, 1.82) is 0 Å². The van der Waals surface area contributed by atoms with Crippen LogP contribution in [0.2, 0.25) is 0 Å². The van der Waals surface area contributed by atoms with Gasteiger partial charge in [0, 0.05) is 12.6 Å². The molecular weight excluding hydrogens is 414 g/mol. The Kier molecular flexibility index (Phi) is 7.63. The highest BCUT2D eigenvalue weighted by Crippen LogP contribution is 2.23. The van der Waals surface area contributed by atoms with Gasteiger partial charge in [-0.1, -0.05) is 43.5 Å². The molecule has 0 atom stereocenters. The van der Waals surface area contributed by atoms with Gasteiger partial charge in [0.25, 0.3) is 0 Å². The number of fused-ring (bicyclic) bond motifs is 2. The van der Waals surface area contributed by atoms with E-state index in [0.29, 0.717) is 34.3 Å². The van der Waals surface area contributed by atoms with Crippen LogP contribution in [0.25, 0.3) is 21.9 Å². The molecular formula is C28H31NO4. The average Bonchev–Trinajstić information content (AvgIpc) is 2.81. The Labute approximate surface area is 194 Å². The second-order valence-corrected chi connectivity index (χ2v) is 8.61. The molecule has 4 aromatic rings. The van der Waals surface area contributed by atoms with E-state index >= 15 is 0 Å². The molecule has 4 rings (SSSR count). The average molecular weight is 446 g/mol. The van der Waals surface area contributed by atoms with Crippen molar-refractivity contribution in [2.45, 2.75) is 38.6 Å². The zero-order valence-corrected chi connectivity index (χ0v) is 19.1. The fourth-order valence-electron chi connectivity index (χ4n) is 4.12. The summed E-state index contributed by atoms with van der Waals surface area (Å²) in [7, 11) is 2.12. The zero-order valence-electron chi connectivity index (χ0n) is 19.1. The van der Waals surface area contributed by atoms with E-state index in [-0.39, 0.29) is 5.43 Å². The van der Waals surface area contributed by atoms with Gasteiger partial charge in [-0.3, -0.25) is 4.79 Å². The van der Waals surface area contributed by atoms with E-state index < -0.39 is 0 Å². The van der Waals surface area contributed by atoms with Crippen molar-refractivity contribution in [2.24, 2.45) is 0 Å². The number of aromatic hydroxyl groups is 1. The van der Waals surface area contributed by atoms with Crippen molar-refractivity contribution >= 4 is 21.9 Å². The number of unbranched alkanes of at least 4 members (excludes halogenated alkanes) is 4.